The lowest BCUT2D eigenvalue weighted by molar-refractivity contribution is -0.286. The molecule has 2 aromatic heterocycles. The maximum atomic E-state index is 13.2. The van der Waals surface area contributed by atoms with Gasteiger partial charge in [0.1, 0.15) is 5.82 Å². The average Bonchev–Trinajstić information content (AvgIpc) is 3.16. The molecule has 0 spiro atoms. The summed E-state index contributed by atoms with van der Waals surface area (Å²) >= 11 is 0. The number of anilines is 1. The van der Waals surface area contributed by atoms with Gasteiger partial charge in [-0.1, -0.05) is 0 Å². The van der Waals surface area contributed by atoms with E-state index in [1.807, 2.05) is 0 Å². The van der Waals surface area contributed by atoms with Gasteiger partial charge in [-0.05, 0) is 55.3 Å². The third-order valence-corrected chi connectivity index (χ3v) is 4.13. The maximum absolute atomic E-state index is 13.2. The molecule has 1 aromatic carbocycles. The van der Waals surface area contributed by atoms with E-state index in [1.54, 1.807) is 32.0 Å². The first-order valence-corrected chi connectivity index (χ1v) is 8.05. The molecule has 27 heavy (non-hydrogen) atoms. The Morgan fingerprint density at radius 3 is 2.44 bits per heavy atom. The number of nitrogens with one attached hydrogen (secondary N) is 1. The van der Waals surface area contributed by atoms with Gasteiger partial charge >= 0.3 is 6.29 Å². The predicted molar refractivity (Wildman–Crippen MR) is 92.0 cm³/mol. The summed E-state index contributed by atoms with van der Waals surface area (Å²) in [6.45, 7) is 3.53. The van der Waals surface area contributed by atoms with Crippen LogP contribution in [-0.4, -0.2) is 17.2 Å². The lowest BCUT2D eigenvalue weighted by atomic mass is 10.0. The van der Waals surface area contributed by atoms with E-state index in [4.69, 9.17) is 4.42 Å². The number of ether oxygens (including phenoxy) is 2. The number of amides is 1. The molecule has 0 atom stereocenters. The van der Waals surface area contributed by atoms with Crippen molar-refractivity contribution < 1.29 is 27.5 Å². The molecule has 3 aromatic rings. The molecule has 0 unspecified atom stereocenters. The molecule has 3 heterocycles. The Morgan fingerprint density at radius 2 is 1.81 bits per heavy atom. The standard InChI is InChI=1S/C19H14F2N2O4/c1-10-5-6-25-17(10)18(24)23-16-4-3-12(9-22-16)13-8-15-14(7-11(13)2)26-19(20,21)27-15/h3-9H,1-2H3,(H,22,23,24). The summed E-state index contributed by atoms with van der Waals surface area (Å²) in [6.07, 6.45) is -0.691. The molecule has 1 aliphatic heterocycles. The monoisotopic (exact) mass is 372 g/mol. The zero-order valence-electron chi connectivity index (χ0n) is 14.4. The summed E-state index contributed by atoms with van der Waals surface area (Å²) in [4.78, 5) is 16.4. The van der Waals surface area contributed by atoms with Gasteiger partial charge in [0.15, 0.2) is 17.3 Å². The summed E-state index contributed by atoms with van der Waals surface area (Å²) in [7, 11) is 0. The highest BCUT2D eigenvalue weighted by atomic mass is 19.3. The number of pyridine rings is 1. The number of rotatable bonds is 3. The van der Waals surface area contributed by atoms with Gasteiger partial charge in [-0.25, -0.2) is 4.98 Å². The zero-order valence-corrected chi connectivity index (χ0v) is 14.4. The Hall–Kier alpha value is -3.42. The number of hydrogen-bond acceptors (Lipinski definition) is 5. The van der Waals surface area contributed by atoms with Crippen LogP contribution in [0.25, 0.3) is 11.1 Å². The number of alkyl halides is 2. The van der Waals surface area contributed by atoms with Crippen LogP contribution in [0.5, 0.6) is 11.5 Å². The third-order valence-electron chi connectivity index (χ3n) is 4.13. The molecule has 6 nitrogen and oxygen atoms in total. The van der Waals surface area contributed by atoms with Crippen molar-refractivity contribution >= 4 is 11.7 Å². The highest BCUT2D eigenvalue weighted by molar-refractivity contribution is 6.02. The van der Waals surface area contributed by atoms with E-state index in [9.17, 15) is 13.6 Å². The van der Waals surface area contributed by atoms with Gasteiger partial charge in [0.25, 0.3) is 5.91 Å². The minimum atomic E-state index is -3.66. The second-order valence-electron chi connectivity index (χ2n) is 6.10. The Kier molecular flexibility index (Phi) is 3.83. The van der Waals surface area contributed by atoms with E-state index in [0.717, 1.165) is 11.1 Å². The summed E-state index contributed by atoms with van der Waals surface area (Å²) in [5.41, 5.74) is 2.79. The number of carbonyl (C=O) groups excluding carboxylic acids is 1. The Morgan fingerprint density at radius 1 is 1.07 bits per heavy atom. The van der Waals surface area contributed by atoms with Crippen LogP contribution >= 0.6 is 0 Å². The number of nitrogens with zero attached hydrogens (tertiary/aromatic N) is 1. The highest BCUT2D eigenvalue weighted by Crippen LogP contribution is 2.44. The van der Waals surface area contributed by atoms with E-state index in [-0.39, 0.29) is 17.3 Å². The molecule has 138 valence electrons. The van der Waals surface area contributed by atoms with Crippen LogP contribution in [0.4, 0.5) is 14.6 Å². The largest absolute Gasteiger partial charge is 0.586 e. The molecule has 0 fully saturated rings. The van der Waals surface area contributed by atoms with Crippen LogP contribution in [0.2, 0.25) is 0 Å². The number of benzene rings is 1. The minimum Gasteiger partial charge on any atom is -0.459 e. The maximum Gasteiger partial charge on any atom is 0.586 e. The zero-order chi connectivity index (χ0) is 19.2. The molecule has 0 saturated carbocycles. The first kappa shape index (κ1) is 17.0. The van der Waals surface area contributed by atoms with Crippen molar-refractivity contribution in [1.29, 1.82) is 0 Å². The van der Waals surface area contributed by atoms with E-state index >= 15 is 0 Å². The molecule has 0 aliphatic carbocycles. The number of halogens is 2. The van der Waals surface area contributed by atoms with Crippen LogP contribution in [-0.2, 0) is 0 Å². The molecular formula is C19H14F2N2O4. The Labute approximate surface area is 152 Å². The fourth-order valence-electron chi connectivity index (χ4n) is 2.81. The van der Waals surface area contributed by atoms with Gasteiger partial charge in [-0.15, -0.1) is 8.78 Å². The van der Waals surface area contributed by atoms with Gasteiger partial charge in [-0.3, -0.25) is 4.79 Å². The van der Waals surface area contributed by atoms with Gasteiger partial charge in [0.05, 0.1) is 6.26 Å². The normalized spacial score (nSPS) is 14.2. The van der Waals surface area contributed by atoms with Crippen molar-refractivity contribution in [3.05, 3.63) is 59.7 Å². The molecule has 1 amide bonds. The summed E-state index contributed by atoms with van der Waals surface area (Å²) in [5, 5.41) is 2.64. The lowest BCUT2D eigenvalue weighted by Crippen LogP contribution is -2.25. The third kappa shape index (κ3) is 3.21. The molecule has 0 bridgehead atoms. The number of furan rings is 1. The molecule has 0 saturated heterocycles. The Bertz CT molecular complexity index is 1030. The SMILES string of the molecule is Cc1cc2c(cc1-c1ccc(NC(=O)c3occc3C)nc1)OC(F)(F)O2. The van der Waals surface area contributed by atoms with E-state index in [2.05, 4.69) is 19.8 Å². The quantitative estimate of drug-likeness (QED) is 0.731. The number of aromatic nitrogens is 1. The fraction of sp³-hybridized carbons (Fsp3) is 0.158. The molecule has 1 N–H and O–H groups in total. The first-order valence-electron chi connectivity index (χ1n) is 8.05. The lowest BCUT2D eigenvalue weighted by Gasteiger charge is -2.08. The van der Waals surface area contributed by atoms with Gasteiger partial charge in [-0.2, -0.15) is 0 Å². The molecule has 1 aliphatic rings. The average molecular weight is 372 g/mol. The number of hydrogen-bond donors (Lipinski definition) is 1. The van der Waals surface area contributed by atoms with Crippen LogP contribution < -0.4 is 14.8 Å². The van der Waals surface area contributed by atoms with Crippen molar-refractivity contribution in [1.82, 2.24) is 4.98 Å². The van der Waals surface area contributed by atoms with Crippen molar-refractivity contribution in [2.24, 2.45) is 0 Å². The van der Waals surface area contributed by atoms with E-state index in [1.165, 1.54) is 24.6 Å². The summed E-state index contributed by atoms with van der Waals surface area (Å²) < 4.78 is 40.5. The van der Waals surface area contributed by atoms with Crippen molar-refractivity contribution in [2.45, 2.75) is 20.1 Å². The van der Waals surface area contributed by atoms with Crippen LogP contribution in [0.1, 0.15) is 21.7 Å². The van der Waals surface area contributed by atoms with Crippen molar-refractivity contribution in [3.8, 4) is 22.6 Å². The molecule has 4 rings (SSSR count). The smallest absolute Gasteiger partial charge is 0.459 e. The topological polar surface area (TPSA) is 73.6 Å². The molecular weight excluding hydrogens is 358 g/mol. The van der Waals surface area contributed by atoms with E-state index in [0.29, 0.717) is 16.9 Å². The van der Waals surface area contributed by atoms with Crippen molar-refractivity contribution in [2.75, 3.05) is 5.32 Å². The summed E-state index contributed by atoms with van der Waals surface area (Å²) in [5.74, 6) is 0.107. The second kappa shape index (κ2) is 6.08. The molecule has 8 heteroatoms. The molecule has 0 radical (unpaired) electrons. The number of aryl methyl sites for hydroxylation is 2. The van der Waals surface area contributed by atoms with Gasteiger partial charge < -0.3 is 19.2 Å². The van der Waals surface area contributed by atoms with Crippen LogP contribution in [0, 0.1) is 13.8 Å². The summed E-state index contributed by atoms with van der Waals surface area (Å²) in [6, 6.07) is 8.00. The number of fused-ring (bicyclic) bond motifs is 1. The fourth-order valence-corrected chi connectivity index (χ4v) is 2.81. The minimum absolute atomic E-state index is 0.00749. The van der Waals surface area contributed by atoms with Crippen molar-refractivity contribution in [3.63, 3.8) is 0 Å². The van der Waals surface area contributed by atoms with Crippen LogP contribution in [0.3, 0.4) is 0 Å². The second-order valence-corrected chi connectivity index (χ2v) is 6.10. The first-order chi connectivity index (χ1) is 12.8. The predicted octanol–water partition coefficient (Wildman–Crippen LogP) is 4.53. The van der Waals surface area contributed by atoms with Crippen LogP contribution in [0.15, 0.2) is 47.2 Å². The van der Waals surface area contributed by atoms with E-state index < -0.39 is 12.2 Å². The van der Waals surface area contributed by atoms with Gasteiger partial charge in [0, 0.05) is 17.3 Å². The Balaban J connectivity index is 1.57. The number of carbonyl (C=O) groups is 1. The highest BCUT2D eigenvalue weighted by Gasteiger charge is 2.43. The van der Waals surface area contributed by atoms with Gasteiger partial charge in [0.2, 0.25) is 0 Å².